The molecule has 2 rings (SSSR count). The largest absolute Gasteiger partial charge is 0.347 e. The molecule has 1 fully saturated rings. The number of hydrogen-bond acceptors (Lipinski definition) is 7. The van der Waals surface area contributed by atoms with E-state index in [9.17, 15) is 28.8 Å². The molecule has 0 spiro atoms. The normalized spacial score (nSPS) is 17.3. The molecule has 1 heterocycles. The lowest BCUT2D eigenvalue weighted by atomic mass is 10.0. The summed E-state index contributed by atoms with van der Waals surface area (Å²) < 4.78 is 0. The molecule has 2 unspecified atom stereocenters. The van der Waals surface area contributed by atoms with Crippen LogP contribution in [0.4, 0.5) is 0 Å². The highest BCUT2D eigenvalue weighted by atomic mass is 16.2. The van der Waals surface area contributed by atoms with Crippen molar-refractivity contribution < 1.29 is 28.8 Å². The lowest BCUT2D eigenvalue weighted by Gasteiger charge is -2.23. The Kier molecular flexibility index (Phi) is 10.1. The topological polar surface area (TPSA) is 145 Å². The van der Waals surface area contributed by atoms with Crippen molar-refractivity contribution in [2.45, 2.75) is 44.3 Å². The zero-order valence-corrected chi connectivity index (χ0v) is 20.5. The van der Waals surface area contributed by atoms with Gasteiger partial charge in [0.25, 0.3) is 5.91 Å². The summed E-state index contributed by atoms with van der Waals surface area (Å²) in [6.07, 6.45) is 0.799. The van der Waals surface area contributed by atoms with Crippen LogP contribution in [-0.2, 0) is 28.8 Å². The number of amides is 4. The van der Waals surface area contributed by atoms with E-state index in [1.807, 2.05) is 0 Å². The van der Waals surface area contributed by atoms with E-state index < -0.39 is 48.2 Å². The summed E-state index contributed by atoms with van der Waals surface area (Å²) in [6.45, 7) is 1.43. The molecule has 0 aromatic heterocycles. The predicted molar refractivity (Wildman–Crippen MR) is 127 cm³/mol. The zero-order valence-electron chi connectivity index (χ0n) is 20.5. The molecule has 1 aromatic rings. The first-order valence-corrected chi connectivity index (χ1v) is 11.4. The Hall–Kier alpha value is -3.60. The summed E-state index contributed by atoms with van der Waals surface area (Å²) in [5.74, 6) is -3.49. The van der Waals surface area contributed by atoms with Crippen molar-refractivity contribution in [1.82, 2.24) is 25.8 Å². The van der Waals surface area contributed by atoms with Gasteiger partial charge in [-0.2, -0.15) is 0 Å². The van der Waals surface area contributed by atoms with Crippen LogP contribution in [0.1, 0.15) is 37.8 Å². The molecule has 0 aliphatic carbocycles. The zero-order chi connectivity index (χ0) is 26.1. The number of likely N-dealkylation sites (tertiary alicyclic amines) is 1. The molecule has 1 aromatic carbocycles. The van der Waals surface area contributed by atoms with Gasteiger partial charge < -0.3 is 20.9 Å². The van der Waals surface area contributed by atoms with E-state index in [1.165, 1.54) is 4.90 Å². The predicted octanol–water partition coefficient (Wildman–Crippen LogP) is -0.824. The Morgan fingerprint density at radius 2 is 1.74 bits per heavy atom. The van der Waals surface area contributed by atoms with Gasteiger partial charge in [0.2, 0.25) is 23.5 Å². The Morgan fingerprint density at radius 1 is 1.09 bits per heavy atom. The van der Waals surface area contributed by atoms with Gasteiger partial charge in [-0.3, -0.25) is 33.7 Å². The van der Waals surface area contributed by atoms with Gasteiger partial charge >= 0.3 is 0 Å². The van der Waals surface area contributed by atoms with Gasteiger partial charge in [-0.25, -0.2) is 0 Å². The second-order valence-electron chi connectivity index (χ2n) is 8.71. The third kappa shape index (κ3) is 7.71. The molecule has 11 heteroatoms. The molecular formula is C24H33N5O6. The smallest absolute Gasteiger partial charge is 0.290 e. The SMILES string of the molecule is CCCC(NC(=O)C1CC(=O)CN1C)C(=O)C(=O)NCC(=O)N[C@H](C(=O)N(C)C)c1ccccc1. The number of nitrogens with one attached hydrogen (secondary N) is 3. The molecule has 1 saturated heterocycles. The van der Waals surface area contributed by atoms with E-state index in [-0.39, 0.29) is 31.1 Å². The van der Waals surface area contributed by atoms with Crippen molar-refractivity contribution in [3.63, 3.8) is 0 Å². The molecule has 4 amide bonds. The molecule has 0 radical (unpaired) electrons. The van der Waals surface area contributed by atoms with Crippen LogP contribution in [0.5, 0.6) is 0 Å². The number of carbonyl (C=O) groups is 6. The average Bonchev–Trinajstić information content (AvgIpc) is 3.18. The van der Waals surface area contributed by atoms with Crippen molar-refractivity contribution in [2.75, 3.05) is 34.2 Å². The Balaban J connectivity index is 1.97. The molecule has 11 nitrogen and oxygen atoms in total. The van der Waals surface area contributed by atoms with Gasteiger partial charge in [-0.05, 0) is 19.0 Å². The monoisotopic (exact) mass is 487 g/mol. The lowest BCUT2D eigenvalue weighted by Crippen LogP contribution is -2.52. The van der Waals surface area contributed by atoms with Gasteiger partial charge in [-0.1, -0.05) is 43.7 Å². The van der Waals surface area contributed by atoms with Crippen LogP contribution in [-0.4, -0.2) is 91.3 Å². The number of carbonyl (C=O) groups excluding carboxylic acids is 6. The molecule has 1 aliphatic rings. The van der Waals surface area contributed by atoms with E-state index >= 15 is 0 Å². The first-order chi connectivity index (χ1) is 16.5. The van der Waals surface area contributed by atoms with Crippen molar-refractivity contribution in [3.05, 3.63) is 35.9 Å². The van der Waals surface area contributed by atoms with E-state index in [2.05, 4.69) is 16.0 Å². The highest BCUT2D eigenvalue weighted by Crippen LogP contribution is 2.15. The van der Waals surface area contributed by atoms with Gasteiger partial charge in [0.05, 0.1) is 25.2 Å². The Bertz CT molecular complexity index is 964. The number of ketones is 2. The summed E-state index contributed by atoms with van der Waals surface area (Å²) in [4.78, 5) is 77.3. The van der Waals surface area contributed by atoms with Crippen molar-refractivity contribution in [1.29, 1.82) is 0 Å². The number of rotatable bonds is 11. The summed E-state index contributed by atoms with van der Waals surface area (Å²) in [7, 11) is 4.76. The minimum atomic E-state index is -1.08. The molecule has 0 saturated carbocycles. The maximum Gasteiger partial charge on any atom is 0.290 e. The van der Waals surface area contributed by atoms with Crippen molar-refractivity contribution in [2.24, 2.45) is 0 Å². The van der Waals surface area contributed by atoms with E-state index in [4.69, 9.17) is 0 Å². The second-order valence-corrected chi connectivity index (χ2v) is 8.71. The molecule has 190 valence electrons. The van der Waals surface area contributed by atoms with Crippen LogP contribution >= 0.6 is 0 Å². The minimum Gasteiger partial charge on any atom is -0.347 e. The van der Waals surface area contributed by atoms with E-state index in [0.29, 0.717) is 12.0 Å². The molecule has 35 heavy (non-hydrogen) atoms. The van der Waals surface area contributed by atoms with Gasteiger partial charge in [0, 0.05) is 20.5 Å². The summed E-state index contributed by atoms with van der Waals surface area (Å²) >= 11 is 0. The summed E-state index contributed by atoms with van der Waals surface area (Å²) in [5, 5.41) is 7.41. The lowest BCUT2D eigenvalue weighted by molar-refractivity contribution is -0.141. The quantitative estimate of drug-likeness (QED) is 0.346. The van der Waals surface area contributed by atoms with Crippen LogP contribution in [0, 0.1) is 0 Å². The number of Topliss-reactive ketones (excluding diaryl/α,β-unsaturated/α-hetero) is 2. The third-order valence-corrected chi connectivity index (χ3v) is 5.65. The third-order valence-electron chi connectivity index (χ3n) is 5.65. The fraction of sp³-hybridized carbons (Fsp3) is 0.500. The summed E-state index contributed by atoms with van der Waals surface area (Å²) in [5.41, 5.74) is 0.572. The maximum absolute atomic E-state index is 12.7. The first-order valence-electron chi connectivity index (χ1n) is 11.4. The van der Waals surface area contributed by atoms with Gasteiger partial charge in [0.1, 0.15) is 11.8 Å². The molecule has 3 N–H and O–H groups in total. The fourth-order valence-electron chi connectivity index (χ4n) is 3.75. The number of nitrogens with zero attached hydrogens (tertiary/aromatic N) is 2. The highest BCUT2D eigenvalue weighted by Gasteiger charge is 2.36. The van der Waals surface area contributed by atoms with Crippen molar-refractivity contribution in [3.8, 4) is 0 Å². The Labute approximate surface area is 204 Å². The first kappa shape index (κ1) is 27.6. The van der Waals surface area contributed by atoms with Crippen LogP contribution in [0.25, 0.3) is 0 Å². The van der Waals surface area contributed by atoms with Gasteiger partial charge in [-0.15, -0.1) is 0 Å². The van der Waals surface area contributed by atoms with E-state index in [0.717, 1.165) is 0 Å². The van der Waals surface area contributed by atoms with Crippen LogP contribution in [0.3, 0.4) is 0 Å². The molecule has 1 aliphatic heterocycles. The molecular weight excluding hydrogens is 454 g/mol. The van der Waals surface area contributed by atoms with Crippen LogP contribution in [0.15, 0.2) is 30.3 Å². The van der Waals surface area contributed by atoms with Crippen LogP contribution < -0.4 is 16.0 Å². The summed E-state index contributed by atoms with van der Waals surface area (Å²) in [6, 6.07) is 5.93. The van der Waals surface area contributed by atoms with E-state index in [1.54, 1.807) is 63.3 Å². The molecule has 3 atom stereocenters. The number of benzene rings is 1. The fourth-order valence-corrected chi connectivity index (χ4v) is 3.75. The number of likely N-dealkylation sites (N-methyl/N-ethyl adjacent to an activating group) is 2. The molecule has 0 bridgehead atoms. The van der Waals surface area contributed by atoms with Gasteiger partial charge in [0.15, 0.2) is 0 Å². The average molecular weight is 488 g/mol. The van der Waals surface area contributed by atoms with Crippen LogP contribution in [0.2, 0.25) is 0 Å². The standard InChI is InChI=1S/C24H33N5O6/c1-5-9-17(26-22(33)18-12-16(30)14-29(18)4)21(32)23(34)25-13-19(31)27-20(24(35)28(2)3)15-10-7-6-8-11-15/h6-8,10-11,17-18,20H,5,9,12-14H2,1-4H3,(H,25,34)(H,26,33)(H,27,31)/t17?,18?,20-/m0/s1. The number of hydrogen-bond donors (Lipinski definition) is 3. The maximum atomic E-state index is 12.7. The highest BCUT2D eigenvalue weighted by molar-refractivity contribution is 6.38. The Morgan fingerprint density at radius 3 is 2.29 bits per heavy atom. The second kappa shape index (κ2) is 12.7. The minimum absolute atomic E-state index is 0.0516. The van der Waals surface area contributed by atoms with Crippen molar-refractivity contribution >= 4 is 35.2 Å².